The second-order valence-electron chi connectivity index (χ2n) is 7.91. The van der Waals surface area contributed by atoms with Crippen LogP contribution in [0, 0.1) is 20.8 Å². The minimum Gasteiger partial charge on any atom is -0.465 e. The van der Waals surface area contributed by atoms with Gasteiger partial charge in [-0.1, -0.05) is 6.07 Å². The SMILES string of the molecule is CCOC(=O)CN1C(=S)N[C@H](c2ccccn2)[C@H]1c1cc(C)n(-c2cc(C)ccn2)c1C. The highest BCUT2D eigenvalue weighted by Gasteiger charge is 2.42. The molecule has 2 atom stereocenters. The molecule has 1 aliphatic heterocycles. The van der Waals surface area contributed by atoms with Crippen LogP contribution in [0.15, 0.2) is 48.8 Å². The molecule has 0 aromatic carbocycles. The number of thiocarbonyl (C=S) groups is 1. The first-order chi connectivity index (χ1) is 15.4. The molecule has 0 aliphatic carbocycles. The van der Waals surface area contributed by atoms with Gasteiger partial charge in [0.25, 0.3) is 0 Å². The van der Waals surface area contributed by atoms with Crippen molar-refractivity contribution in [2.75, 3.05) is 13.2 Å². The minimum absolute atomic E-state index is 0.0695. The van der Waals surface area contributed by atoms with Crippen molar-refractivity contribution in [3.63, 3.8) is 0 Å². The normalized spacial score (nSPS) is 18.0. The highest BCUT2D eigenvalue weighted by molar-refractivity contribution is 7.80. The molecule has 0 saturated carbocycles. The first kappa shape index (κ1) is 22.0. The summed E-state index contributed by atoms with van der Waals surface area (Å²) < 4.78 is 7.36. The van der Waals surface area contributed by atoms with Gasteiger partial charge >= 0.3 is 5.97 Å². The van der Waals surface area contributed by atoms with Gasteiger partial charge in [-0.05, 0) is 81.4 Å². The van der Waals surface area contributed by atoms with Crippen LogP contribution in [0.5, 0.6) is 0 Å². The van der Waals surface area contributed by atoms with Gasteiger partial charge in [-0.2, -0.15) is 0 Å². The number of rotatable bonds is 6. The summed E-state index contributed by atoms with van der Waals surface area (Å²) >= 11 is 5.65. The van der Waals surface area contributed by atoms with Gasteiger partial charge in [0.15, 0.2) is 5.11 Å². The molecular weight excluding hydrogens is 422 g/mol. The van der Waals surface area contributed by atoms with E-state index < -0.39 is 0 Å². The molecule has 7 nitrogen and oxygen atoms in total. The van der Waals surface area contributed by atoms with Crippen molar-refractivity contribution < 1.29 is 9.53 Å². The van der Waals surface area contributed by atoms with Crippen LogP contribution in [0.2, 0.25) is 0 Å². The molecule has 0 bridgehead atoms. The third-order valence-corrected chi connectivity index (χ3v) is 6.07. The maximum absolute atomic E-state index is 12.4. The van der Waals surface area contributed by atoms with Crippen molar-refractivity contribution in [2.45, 2.75) is 39.8 Å². The maximum Gasteiger partial charge on any atom is 0.325 e. The summed E-state index contributed by atoms with van der Waals surface area (Å²) in [6.07, 6.45) is 3.59. The van der Waals surface area contributed by atoms with Gasteiger partial charge in [0.2, 0.25) is 0 Å². The molecule has 1 fully saturated rings. The van der Waals surface area contributed by atoms with Gasteiger partial charge in [-0.25, -0.2) is 4.98 Å². The van der Waals surface area contributed by atoms with E-state index in [2.05, 4.69) is 52.8 Å². The van der Waals surface area contributed by atoms with Crippen LogP contribution >= 0.6 is 12.2 Å². The maximum atomic E-state index is 12.4. The molecule has 1 saturated heterocycles. The molecule has 32 heavy (non-hydrogen) atoms. The summed E-state index contributed by atoms with van der Waals surface area (Å²) in [4.78, 5) is 23.4. The number of nitrogens with one attached hydrogen (secondary N) is 1. The fourth-order valence-electron chi connectivity index (χ4n) is 4.34. The van der Waals surface area contributed by atoms with Gasteiger partial charge in [0.1, 0.15) is 12.4 Å². The lowest BCUT2D eigenvalue weighted by atomic mass is 9.97. The van der Waals surface area contributed by atoms with Crippen LogP contribution in [0.3, 0.4) is 0 Å². The van der Waals surface area contributed by atoms with E-state index in [0.717, 1.165) is 34.0 Å². The van der Waals surface area contributed by atoms with Gasteiger partial charge < -0.3 is 19.5 Å². The Bertz CT molecular complexity index is 1140. The quantitative estimate of drug-likeness (QED) is 0.454. The molecule has 0 spiro atoms. The lowest BCUT2D eigenvalue weighted by molar-refractivity contribution is -0.143. The molecule has 0 unspecified atom stereocenters. The van der Waals surface area contributed by atoms with Crippen molar-refractivity contribution in [2.24, 2.45) is 0 Å². The molecule has 3 aromatic heterocycles. The number of carbonyl (C=O) groups excluding carboxylic acids is 1. The molecule has 4 heterocycles. The Morgan fingerprint density at radius 2 is 1.97 bits per heavy atom. The van der Waals surface area contributed by atoms with E-state index in [4.69, 9.17) is 17.0 Å². The largest absolute Gasteiger partial charge is 0.465 e. The third-order valence-electron chi connectivity index (χ3n) is 5.72. The van der Waals surface area contributed by atoms with Crippen LogP contribution in [-0.2, 0) is 9.53 Å². The predicted molar refractivity (Wildman–Crippen MR) is 127 cm³/mol. The Balaban J connectivity index is 1.81. The van der Waals surface area contributed by atoms with E-state index in [1.54, 1.807) is 13.1 Å². The van der Waals surface area contributed by atoms with E-state index in [1.165, 1.54) is 0 Å². The third kappa shape index (κ3) is 4.10. The molecule has 8 heteroatoms. The molecule has 166 valence electrons. The number of carbonyl (C=O) groups is 1. The topological polar surface area (TPSA) is 72.3 Å². The van der Waals surface area contributed by atoms with Gasteiger partial charge in [-0.15, -0.1) is 0 Å². The van der Waals surface area contributed by atoms with Crippen LogP contribution in [-0.4, -0.2) is 43.7 Å². The number of esters is 1. The summed E-state index contributed by atoms with van der Waals surface area (Å²) in [5, 5.41) is 3.89. The zero-order chi connectivity index (χ0) is 22.8. The van der Waals surface area contributed by atoms with Crippen LogP contribution in [0.25, 0.3) is 5.82 Å². The van der Waals surface area contributed by atoms with E-state index in [-0.39, 0.29) is 24.6 Å². The fourth-order valence-corrected chi connectivity index (χ4v) is 4.65. The Kier molecular flexibility index (Phi) is 6.23. The monoisotopic (exact) mass is 449 g/mol. The molecule has 3 aromatic rings. The van der Waals surface area contributed by atoms with Crippen molar-refractivity contribution in [3.8, 4) is 5.82 Å². The second-order valence-corrected chi connectivity index (χ2v) is 8.30. The van der Waals surface area contributed by atoms with Crippen LogP contribution in [0.4, 0.5) is 0 Å². The molecule has 0 radical (unpaired) electrons. The molecule has 1 N–H and O–H groups in total. The van der Waals surface area contributed by atoms with E-state index in [0.29, 0.717) is 11.7 Å². The number of nitrogens with zero attached hydrogens (tertiary/aromatic N) is 4. The highest BCUT2D eigenvalue weighted by atomic mass is 32.1. The van der Waals surface area contributed by atoms with Gasteiger partial charge in [0, 0.05) is 23.8 Å². The average molecular weight is 450 g/mol. The Morgan fingerprint density at radius 1 is 1.16 bits per heavy atom. The predicted octanol–water partition coefficient (Wildman–Crippen LogP) is 3.73. The summed E-state index contributed by atoms with van der Waals surface area (Å²) in [6, 6.07) is 11.6. The van der Waals surface area contributed by atoms with Crippen molar-refractivity contribution in [3.05, 3.63) is 77.0 Å². The zero-order valence-corrected chi connectivity index (χ0v) is 19.5. The first-order valence-electron chi connectivity index (χ1n) is 10.7. The van der Waals surface area contributed by atoms with Crippen molar-refractivity contribution in [1.82, 2.24) is 24.8 Å². The number of ether oxygens (including phenoxy) is 1. The Labute approximate surface area is 193 Å². The van der Waals surface area contributed by atoms with Crippen LogP contribution < -0.4 is 5.32 Å². The second kappa shape index (κ2) is 9.08. The number of aromatic nitrogens is 3. The first-order valence-corrected chi connectivity index (χ1v) is 11.1. The molecule has 4 rings (SSSR count). The van der Waals surface area contributed by atoms with Crippen LogP contribution in [0.1, 0.15) is 47.2 Å². The van der Waals surface area contributed by atoms with E-state index >= 15 is 0 Å². The van der Waals surface area contributed by atoms with Crippen molar-refractivity contribution >= 4 is 23.3 Å². The molecular formula is C24H27N5O2S. The summed E-state index contributed by atoms with van der Waals surface area (Å²) in [7, 11) is 0. The average Bonchev–Trinajstić information content (AvgIpc) is 3.24. The number of hydrogen-bond donors (Lipinski definition) is 1. The molecule has 0 amide bonds. The zero-order valence-electron chi connectivity index (χ0n) is 18.7. The summed E-state index contributed by atoms with van der Waals surface area (Å²) in [6.45, 7) is 8.39. The fraction of sp³-hybridized carbons (Fsp3) is 0.333. The Morgan fingerprint density at radius 3 is 2.66 bits per heavy atom. The number of aryl methyl sites for hydroxylation is 2. The standard InChI is InChI=1S/C24H27N5O2S/c1-5-31-21(30)14-28-23(22(27-24(28)32)19-8-6-7-10-25-19)18-13-16(3)29(17(18)4)20-12-15(2)9-11-26-20/h6-13,22-23H,5,14H2,1-4H3,(H,27,32)/t22-,23-/m1/s1. The Hall–Kier alpha value is -3.26. The van der Waals surface area contributed by atoms with Crippen molar-refractivity contribution in [1.29, 1.82) is 0 Å². The summed E-state index contributed by atoms with van der Waals surface area (Å²) in [5.74, 6) is 0.559. The van der Waals surface area contributed by atoms with Gasteiger partial charge in [-0.3, -0.25) is 9.78 Å². The number of pyridine rings is 2. The number of hydrogen-bond acceptors (Lipinski definition) is 5. The van der Waals surface area contributed by atoms with Gasteiger partial charge in [0.05, 0.1) is 24.4 Å². The van der Waals surface area contributed by atoms with E-state index in [1.807, 2.05) is 35.4 Å². The lowest BCUT2D eigenvalue weighted by Gasteiger charge is -2.27. The lowest BCUT2D eigenvalue weighted by Crippen LogP contribution is -2.35. The summed E-state index contributed by atoms with van der Waals surface area (Å²) in [5.41, 5.74) is 5.18. The smallest absolute Gasteiger partial charge is 0.325 e. The highest BCUT2D eigenvalue weighted by Crippen LogP contribution is 2.41. The minimum atomic E-state index is -0.308. The van der Waals surface area contributed by atoms with E-state index in [9.17, 15) is 4.79 Å². The molecule has 1 aliphatic rings.